The Balaban J connectivity index is 1.51. The molecule has 31 heavy (non-hydrogen) atoms. The maximum atomic E-state index is 12.9. The molecule has 0 aliphatic rings. The SMILES string of the molecule is O=C(NCCNC(=O)c1nn(Cc2ccccc2)c(=O)c2ccccc12)c1ccco1. The van der Waals surface area contributed by atoms with E-state index in [-0.39, 0.29) is 42.6 Å². The van der Waals surface area contributed by atoms with Crippen molar-refractivity contribution in [2.75, 3.05) is 13.1 Å². The maximum absolute atomic E-state index is 12.9. The molecular weight excluding hydrogens is 396 g/mol. The van der Waals surface area contributed by atoms with E-state index in [2.05, 4.69) is 15.7 Å². The van der Waals surface area contributed by atoms with Gasteiger partial charge in [-0.1, -0.05) is 48.5 Å². The molecule has 0 saturated carbocycles. The lowest BCUT2D eigenvalue weighted by Crippen LogP contribution is -2.36. The van der Waals surface area contributed by atoms with Gasteiger partial charge in [0.25, 0.3) is 17.4 Å². The van der Waals surface area contributed by atoms with Crippen molar-refractivity contribution >= 4 is 22.6 Å². The molecule has 4 rings (SSSR count). The Morgan fingerprint density at radius 2 is 1.52 bits per heavy atom. The minimum absolute atomic E-state index is 0.156. The quantitative estimate of drug-likeness (QED) is 0.449. The van der Waals surface area contributed by atoms with Crippen LogP contribution in [-0.4, -0.2) is 34.7 Å². The highest BCUT2D eigenvalue weighted by Gasteiger charge is 2.17. The predicted molar refractivity (Wildman–Crippen MR) is 115 cm³/mol. The number of amides is 2. The molecule has 0 spiro atoms. The molecule has 0 atom stereocenters. The highest BCUT2D eigenvalue weighted by molar-refractivity contribution is 6.04. The third-order valence-corrected chi connectivity index (χ3v) is 4.70. The summed E-state index contributed by atoms with van der Waals surface area (Å²) in [6, 6.07) is 19.5. The van der Waals surface area contributed by atoms with Gasteiger partial charge in [0, 0.05) is 18.5 Å². The fourth-order valence-corrected chi connectivity index (χ4v) is 3.20. The molecular formula is C23H20N4O4. The van der Waals surface area contributed by atoms with E-state index < -0.39 is 5.91 Å². The standard InChI is InChI=1S/C23H20N4O4/c28-21(19-11-6-14-31-19)24-12-13-25-22(29)20-17-9-4-5-10-18(17)23(30)27(26-20)15-16-7-2-1-3-8-16/h1-11,14H,12-13,15H2,(H,24,28)(H,25,29). The van der Waals surface area contributed by atoms with Gasteiger partial charge in [0.05, 0.1) is 18.2 Å². The Morgan fingerprint density at radius 1 is 0.839 bits per heavy atom. The van der Waals surface area contributed by atoms with Crippen LogP contribution in [0.3, 0.4) is 0 Å². The molecule has 8 nitrogen and oxygen atoms in total. The van der Waals surface area contributed by atoms with Crippen LogP contribution in [0.1, 0.15) is 26.6 Å². The molecule has 0 fully saturated rings. The Kier molecular flexibility index (Phi) is 5.89. The van der Waals surface area contributed by atoms with Crippen LogP contribution in [0.5, 0.6) is 0 Å². The van der Waals surface area contributed by atoms with Gasteiger partial charge in [0.1, 0.15) is 0 Å². The molecule has 0 bridgehead atoms. The topological polar surface area (TPSA) is 106 Å². The van der Waals surface area contributed by atoms with Crippen molar-refractivity contribution in [1.29, 1.82) is 0 Å². The van der Waals surface area contributed by atoms with Crippen LogP contribution in [0.15, 0.2) is 82.2 Å². The Labute approximate surface area is 177 Å². The molecule has 0 saturated heterocycles. The molecule has 2 N–H and O–H groups in total. The van der Waals surface area contributed by atoms with Crippen molar-refractivity contribution in [2.24, 2.45) is 0 Å². The van der Waals surface area contributed by atoms with Crippen molar-refractivity contribution in [3.8, 4) is 0 Å². The highest BCUT2D eigenvalue weighted by atomic mass is 16.3. The first-order valence-corrected chi connectivity index (χ1v) is 9.77. The van der Waals surface area contributed by atoms with Gasteiger partial charge in [-0.3, -0.25) is 14.4 Å². The van der Waals surface area contributed by atoms with E-state index in [1.54, 1.807) is 36.4 Å². The molecule has 0 aliphatic carbocycles. The van der Waals surface area contributed by atoms with Gasteiger partial charge in [-0.2, -0.15) is 5.10 Å². The second-order valence-corrected chi connectivity index (χ2v) is 6.83. The minimum atomic E-state index is -0.426. The van der Waals surface area contributed by atoms with E-state index in [1.165, 1.54) is 10.9 Å². The van der Waals surface area contributed by atoms with Gasteiger partial charge in [-0.25, -0.2) is 4.68 Å². The minimum Gasteiger partial charge on any atom is -0.459 e. The summed E-state index contributed by atoms with van der Waals surface area (Å²) in [6.45, 7) is 0.663. The average molecular weight is 416 g/mol. The van der Waals surface area contributed by atoms with Crippen molar-refractivity contribution in [3.05, 3.63) is 100 Å². The average Bonchev–Trinajstić information content (AvgIpc) is 3.34. The lowest BCUT2D eigenvalue weighted by molar-refractivity contribution is 0.0909. The fraction of sp³-hybridized carbons (Fsp3) is 0.130. The van der Waals surface area contributed by atoms with E-state index in [4.69, 9.17) is 4.42 Å². The molecule has 2 amide bonds. The van der Waals surface area contributed by atoms with Crippen molar-refractivity contribution < 1.29 is 14.0 Å². The molecule has 0 radical (unpaired) electrons. The summed E-state index contributed by atoms with van der Waals surface area (Å²) in [5.74, 6) is -0.587. The van der Waals surface area contributed by atoms with E-state index in [9.17, 15) is 14.4 Å². The Morgan fingerprint density at radius 3 is 2.23 bits per heavy atom. The van der Waals surface area contributed by atoms with Crippen LogP contribution in [0.25, 0.3) is 10.8 Å². The number of benzene rings is 2. The maximum Gasteiger partial charge on any atom is 0.287 e. The fourth-order valence-electron chi connectivity index (χ4n) is 3.20. The zero-order valence-electron chi connectivity index (χ0n) is 16.6. The number of rotatable bonds is 7. The predicted octanol–water partition coefficient (Wildman–Crippen LogP) is 2.20. The number of fused-ring (bicyclic) bond motifs is 1. The lowest BCUT2D eigenvalue weighted by atomic mass is 10.1. The first-order valence-electron chi connectivity index (χ1n) is 9.77. The molecule has 4 aromatic rings. The summed E-state index contributed by atoms with van der Waals surface area (Å²) in [6.07, 6.45) is 1.41. The highest BCUT2D eigenvalue weighted by Crippen LogP contribution is 2.14. The zero-order chi connectivity index (χ0) is 21.6. The van der Waals surface area contributed by atoms with E-state index in [1.807, 2.05) is 30.3 Å². The summed E-state index contributed by atoms with van der Waals surface area (Å²) in [7, 11) is 0. The van der Waals surface area contributed by atoms with E-state index in [0.29, 0.717) is 10.8 Å². The molecule has 2 aromatic carbocycles. The number of nitrogens with zero attached hydrogens (tertiary/aromatic N) is 2. The second-order valence-electron chi connectivity index (χ2n) is 6.83. The molecule has 2 aromatic heterocycles. The normalized spacial score (nSPS) is 10.7. The van der Waals surface area contributed by atoms with Crippen LogP contribution < -0.4 is 16.2 Å². The van der Waals surface area contributed by atoms with Gasteiger partial charge >= 0.3 is 0 Å². The summed E-state index contributed by atoms with van der Waals surface area (Å²) in [5, 5.41) is 10.6. The molecule has 0 unspecified atom stereocenters. The van der Waals surface area contributed by atoms with Crippen molar-refractivity contribution in [2.45, 2.75) is 6.54 Å². The molecule has 8 heteroatoms. The first kappa shape index (κ1) is 20.1. The third kappa shape index (κ3) is 4.53. The van der Waals surface area contributed by atoms with Gasteiger partial charge in [0.2, 0.25) is 0 Å². The number of hydrogen-bond acceptors (Lipinski definition) is 5. The number of carbonyl (C=O) groups is 2. The number of nitrogens with one attached hydrogen (secondary N) is 2. The largest absolute Gasteiger partial charge is 0.459 e. The van der Waals surface area contributed by atoms with Gasteiger partial charge in [-0.05, 0) is 23.8 Å². The molecule has 2 heterocycles. The number of carbonyl (C=O) groups excluding carboxylic acids is 2. The number of furan rings is 1. The van der Waals surface area contributed by atoms with Gasteiger partial charge < -0.3 is 15.1 Å². The van der Waals surface area contributed by atoms with Crippen LogP contribution in [0.4, 0.5) is 0 Å². The Bertz CT molecular complexity index is 1260. The van der Waals surface area contributed by atoms with E-state index in [0.717, 1.165) is 5.56 Å². The van der Waals surface area contributed by atoms with Gasteiger partial charge in [-0.15, -0.1) is 0 Å². The zero-order valence-corrected chi connectivity index (χ0v) is 16.6. The number of aromatic nitrogens is 2. The number of hydrogen-bond donors (Lipinski definition) is 2. The van der Waals surface area contributed by atoms with Crippen LogP contribution >= 0.6 is 0 Å². The second kappa shape index (κ2) is 9.08. The van der Waals surface area contributed by atoms with Gasteiger partial charge in [0.15, 0.2) is 11.5 Å². The smallest absolute Gasteiger partial charge is 0.287 e. The van der Waals surface area contributed by atoms with Crippen LogP contribution in [0, 0.1) is 0 Å². The summed E-state index contributed by atoms with van der Waals surface area (Å²) >= 11 is 0. The van der Waals surface area contributed by atoms with Crippen LogP contribution in [-0.2, 0) is 6.54 Å². The van der Waals surface area contributed by atoms with Crippen molar-refractivity contribution in [1.82, 2.24) is 20.4 Å². The van der Waals surface area contributed by atoms with E-state index >= 15 is 0 Å². The monoisotopic (exact) mass is 416 g/mol. The summed E-state index contributed by atoms with van der Waals surface area (Å²) in [5.41, 5.74) is 0.796. The summed E-state index contributed by atoms with van der Waals surface area (Å²) < 4.78 is 6.32. The summed E-state index contributed by atoms with van der Waals surface area (Å²) in [4.78, 5) is 37.6. The third-order valence-electron chi connectivity index (χ3n) is 4.70. The lowest BCUT2D eigenvalue weighted by Gasteiger charge is -2.11. The first-order chi connectivity index (χ1) is 15.1. The van der Waals surface area contributed by atoms with Crippen molar-refractivity contribution in [3.63, 3.8) is 0 Å². The molecule has 156 valence electrons. The van der Waals surface area contributed by atoms with Crippen LogP contribution in [0.2, 0.25) is 0 Å². The molecule has 0 aliphatic heterocycles. The Hall–Kier alpha value is -4.20.